The van der Waals surface area contributed by atoms with E-state index in [1.165, 1.54) is 0 Å². The van der Waals surface area contributed by atoms with Crippen LogP contribution in [0.5, 0.6) is 0 Å². The zero-order valence-corrected chi connectivity index (χ0v) is 29.2. The number of nitrogens with zero attached hydrogens (tertiary/aromatic N) is 2. The summed E-state index contributed by atoms with van der Waals surface area (Å²) in [7, 11) is 0. The van der Waals surface area contributed by atoms with Gasteiger partial charge in [-0.3, -0.25) is 0 Å². The van der Waals surface area contributed by atoms with Crippen molar-refractivity contribution in [3.63, 3.8) is 0 Å². The van der Waals surface area contributed by atoms with E-state index in [-0.39, 0.29) is 20.6 Å². The Morgan fingerprint density at radius 2 is 1.12 bits per heavy atom. The molecule has 0 aliphatic carbocycles. The van der Waals surface area contributed by atoms with Crippen LogP contribution in [-0.4, -0.2) is 55.4 Å². The predicted molar refractivity (Wildman–Crippen MR) is 157 cm³/mol. The molecule has 188 valence electrons. The Bertz CT molecular complexity index is 1020. The number of fused-ring (bicyclic) bond motifs is 1. The van der Waals surface area contributed by atoms with E-state index in [2.05, 4.69) is 141 Å². The first-order valence-electron chi connectivity index (χ1n) is 11.5. The number of benzene rings is 1. The number of hydrogen-bond donors (Lipinski definition) is 0. The number of halogens is 2. The first-order valence-corrected chi connectivity index (χ1v) is 20.7. The van der Waals surface area contributed by atoms with Crippen LogP contribution in [0.2, 0.25) is 10.0 Å². The Kier molecular flexibility index (Phi) is 8.73. The quantitative estimate of drug-likeness (QED) is 0.176. The molecule has 0 saturated heterocycles. The van der Waals surface area contributed by atoms with Crippen LogP contribution in [0.4, 0.5) is 0 Å². The van der Waals surface area contributed by atoms with Gasteiger partial charge in [-0.15, -0.1) is 0 Å². The molecule has 0 atom stereocenters. The maximum absolute atomic E-state index is 6.55. The van der Waals surface area contributed by atoms with Gasteiger partial charge in [0, 0.05) is 0 Å². The van der Waals surface area contributed by atoms with E-state index in [9.17, 15) is 0 Å². The van der Waals surface area contributed by atoms with Crippen LogP contribution >= 0.6 is 34.2 Å². The Hall–Kier alpha value is 1.17. The second kappa shape index (κ2) is 9.48. The molecule has 33 heavy (non-hydrogen) atoms. The van der Waals surface area contributed by atoms with Gasteiger partial charge in [0.25, 0.3) is 0 Å². The first kappa shape index (κ1) is 30.4. The molecule has 1 aromatic carbocycles. The summed E-state index contributed by atoms with van der Waals surface area (Å²) in [5.41, 5.74) is -0.768. The maximum atomic E-state index is 6.55. The van der Waals surface area contributed by atoms with Gasteiger partial charge in [-0.1, -0.05) is 0 Å². The van der Waals surface area contributed by atoms with Crippen molar-refractivity contribution in [2.75, 3.05) is 0 Å². The molecule has 0 radical (unpaired) electrons. The van der Waals surface area contributed by atoms with E-state index in [1.807, 2.05) is 0 Å². The summed E-state index contributed by atoms with van der Waals surface area (Å²) in [4.78, 5) is 0. The minimum absolute atomic E-state index is 0.176. The SMILES string of the molecule is CC(C)(C)P(=[Se])(Cn1c[n+](CP(=[Se])(C(C)(C)C)C(C)(C)C)c2cc(Cl)c(Cl)cc21)C(C)(C)C. The van der Waals surface area contributed by atoms with Gasteiger partial charge in [0.2, 0.25) is 0 Å². The molecule has 0 bridgehead atoms. The Balaban J connectivity index is 2.83. The van der Waals surface area contributed by atoms with Crippen LogP contribution in [0.3, 0.4) is 0 Å². The van der Waals surface area contributed by atoms with E-state index in [4.69, 9.17) is 23.2 Å². The van der Waals surface area contributed by atoms with Crippen molar-refractivity contribution in [1.82, 2.24) is 4.57 Å². The van der Waals surface area contributed by atoms with E-state index >= 15 is 0 Å². The van der Waals surface area contributed by atoms with Crippen molar-refractivity contribution in [1.29, 1.82) is 0 Å². The Labute approximate surface area is 228 Å². The number of imidazole rings is 1. The molecule has 8 heteroatoms. The van der Waals surface area contributed by atoms with Gasteiger partial charge >= 0.3 is 229 Å². The predicted octanol–water partition coefficient (Wildman–Crippen LogP) is 8.55. The van der Waals surface area contributed by atoms with Crippen molar-refractivity contribution in [3.8, 4) is 0 Å². The fourth-order valence-electron chi connectivity index (χ4n) is 4.79. The van der Waals surface area contributed by atoms with Crippen molar-refractivity contribution < 1.29 is 4.57 Å². The third kappa shape index (κ3) is 5.70. The zero-order valence-electron chi connectivity index (χ0n) is 22.5. The fraction of sp³-hybridized carbons (Fsp3) is 0.720. The second-order valence-electron chi connectivity index (χ2n) is 13.3. The molecule has 0 aliphatic heterocycles. The molecule has 1 heterocycles. The molecule has 0 spiro atoms. The van der Waals surface area contributed by atoms with Crippen LogP contribution in [0.1, 0.15) is 83.1 Å². The second-order valence-corrected chi connectivity index (χ2v) is 30.8. The normalized spacial score (nSPS) is 14.8. The number of hydrogen-bond acceptors (Lipinski definition) is 0. The van der Waals surface area contributed by atoms with E-state index in [0.717, 1.165) is 23.6 Å². The first-order chi connectivity index (χ1) is 14.5. The average molecular weight is 662 g/mol. The van der Waals surface area contributed by atoms with Gasteiger partial charge in [0.05, 0.1) is 0 Å². The minimum atomic E-state index is -1.54. The van der Waals surface area contributed by atoms with E-state index < -0.39 is 11.0 Å². The molecule has 2 nitrogen and oxygen atoms in total. The third-order valence-corrected chi connectivity index (χ3v) is 33.0. The summed E-state index contributed by atoms with van der Waals surface area (Å²) in [5.74, 6) is 0. The molecule has 0 unspecified atom stereocenters. The molecule has 0 aliphatic rings. The van der Waals surface area contributed by atoms with Crippen LogP contribution in [-0.2, 0) is 12.6 Å². The van der Waals surface area contributed by atoms with Gasteiger partial charge in [-0.25, -0.2) is 0 Å². The Morgan fingerprint density at radius 3 is 1.52 bits per heavy atom. The molecule has 2 rings (SSSR count). The molecular formula is C25H43Cl2N2P2Se2+. The summed E-state index contributed by atoms with van der Waals surface area (Å²) < 4.78 is 4.88. The van der Waals surface area contributed by atoms with Crippen molar-refractivity contribution in [3.05, 3.63) is 28.5 Å². The fourth-order valence-corrected chi connectivity index (χ4v) is 13.7. The molecular weight excluding hydrogens is 619 g/mol. The number of rotatable bonds is 4. The van der Waals surface area contributed by atoms with Crippen molar-refractivity contribution >= 4 is 75.4 Å². The molecule has 0 N–H and O–H groups in total. The monoisotopic (exact) mass is 663 g/mol. The topological polar surface area (TPSA) is 8.81 Å². The number of aromatic nitrogens is 2. The Morgan fingerprint density at radius 1 is 0.727 bits per heavy atom. The summed E-state index contributed by atoms with van der Waals surface area (Å²) in [6, 6.07) is 4.11. The summed E-state index contributed by atoms with van der Waals surface area (Å²) in [6.07, 6.45) is 4.25. The van der Waals surface area contributed by atoms with Crippen LogP contribution < -0.4 is 4.57 Å². The summed E-state index contributed by atoms with van der Waals surface area (Å²) in [5, 5.41) is 1.93. The van der Waals surface area contributed by atoms with Gasteiger partial charge in [-0.05, 0) is 0 Å². The molecule has 0 amide bonds. The average Bonchev–Trinajstić information content (AvgIpc) is 2.87. The summed E-state index contributed by atoms with van der Waals surface area (Å²) in [6.45, 7) is 28.5. The third-order valence-electron chi connectivity index (χ3n) is 6.95. The molecule has 0 saturated carbocycles. The summed E-state index contributed by atoms with van der Waals surface area (Å²) >= 11 is 20.6. The van der Waals surface area contributed by atoms with Crippen molar-refractivity contribution in [2.45, 2.75) is 116 Å². The molecule has 1 aromatic heterocycles. The van der Waals surface area contributed by atoms with Gasteiger partial charge in [-0.2, -0.15) is 0 Å². The van der Waals surface area contributed by atoms with Gasteiger partial charge < -0.3 is 0 Å². The van der Waals surface area contributed by atoms with Crippen LogP contribution in [0, 0.1) is 0 Å². The van der Waals surface area contributed by atoms with Crippen LogP contribution in [0.25, 0.3) is 11.0 Å². The molecule has 2 aromatic rings. The van der Waals surface area contributed by atoms with Crippen molar-refractivity contribution in [2.24, 2.45) is 0 Å². The molecule has 0 fully saturated rings. The van der Waals surface area contributed by atoms with E-state index in [1.54, 1.807) is 0 Å². The zero-order chi connectivity index (χ0) is 26.0. The van der Waals surface area contributed by atoms with E-state index in [0.29, 0.717) is 10.0 Å². The van der Waals surface area contributed by atoms with Gasteiger partial charge in [0.1, 0.15) is 0 Å². The standard InChI is InChI=1S/C25H43Cl2N2P2Se2/c1-22(2,3)30(32,23(4,5)6)16-28-15-29(21-14-19(27)18(26)13-20(21)28)17-31(33,24(7,8)9)25(10,11)12/h13-15H,16-17H2,1-12H3/q+1. The van der Waals surface area contributed by atoms with Crippen LogP contribution in [0.15, 0.2) is 18.5 Å². The van der Waals surface area contributed by atoms with Gasteiger partial charge in [0.15, 0.2) is 0 Å².